The lowest BCUT2D eigenvalue weighted by molar-refractivity contribution is 0.0142. The predicted octanol–water partition coefficient (Wildman–Crippen LogP) is 2.93. The second kappa shape index (κ2) is 7.75. The number of phosphoric acid groups is 1. The average Bonchev–Trinajstić information content (AvgIpc) is 2.28. The Hall–Kier alpha value is 0.0700. The Morgan fingerprint density at radius 3 is 2.68 bits per heavy atom. The molecular formula is C13H28NO4P. The largest absolute Gasteiger partial charge is 0.472 e. The van der Waals surface area contributed by atoms with Crippen molar-refractivity contribution in [1.82, 2.24) is 0 Å². The molecule has 0 aliphatic heterocycles. The summed E-state index contributed by atoms with van der Waals surface area (Å²) in [6.45, 7) is 7.03. The van der Waals surface area contributed by atoms with Gasteiger partial charge in [0, 0.05) is 0 Å². The van der Waals surface area contributed by atoms with Crippen LogP contribution in [0.2, 0.25) is 0 Å². The van der Waals surface area contributed by atoms with Gasteiger partial charge in [-0.15, -0.1) is 0 Å². The molecule has 0 aromatic carbocycles. The fourth-order valence-corrected chi connectivity index (χ4v) is 3.71. The summed E-state index contributed by atoms with van der Waals surface area (Å²) in [6, 6.07) is 0. The van der Waals surface area contributed by atoms with Crippen LogP contribution in [0.4, 0.5) is 0 Å². The van der Waals surface area contributed by atoms with E-state index in [0.717, 1.165) is 19.3 Å². The van der Waals surface area contributed by atoms with Crippen LogP contribution in [-0.2, 0) is 13.6 Å². The van der Waals surface area contributed by atoms with Crippen molar-refractivity contribution in [3.05, 3.63) is 0 Å². The number of hydrogen-bond acceptors (Lipinski definition) is 4. The monoisotopic (exact) mass is 293 g/mol. The molecule has 6 heteroatoms. The van der Waals surface area contributed by atoms with Crippen molar-refractivity contribution in [1.29, 1.82) is 0 Å². The fourth-order valence-electron chi connectivity index (χ4n) is 2.70. The van der Waals surface area contributed by atoms with Crippen molar-refractivity contribution < 1.29 is 18.5 Å². The minimum Gasteiger partial charge on any atom is -0.330 e. The number of rotatable bonds is 7. The molecule has 114 valence electrons. The van der Waals surface area contributed by atoms with Crippen molar-refractivity contribution in [3.8, 4) is 0 Å². The Kier molecular flexibility index (Phi) is 6.98. The van der Waals surface area contributed by atoms with Gasteiger partial charge in [0.1, 0.15) is 0 Å². The highest BCUT2D eigenvalue weighted by Gasteiger charge is 2.36. The summed E-state index contributed by atoms with van der Waals surface area (Å²) in [5, 5.41) is 0. The van der Waals surface area contributed by atoms with Gasteiger partial charge in [-0.3, -0.25) is 9.05 Å². The quantitative estimate of drug-likeness (QED) is 0.557. The zero-order valence-electron chi connectivity index (χ0n) is 12.2. The van der Waals surface area contributed by atoms with Crippen LogP contribution < -0.4 is 5.73 Å². The van der Waals surface area contributed by atoms with Crippen LogP contribution in [0.25, 0.3) is 0 Å². The van der Waals surface area contributed by atoms with Crippen molar-refractivity contribution in [2.45, 2.75) is 52.6 Å². The van der Waals surface area contributed by atoms with Gasteiger partial charge in [0.2, 0.25) is 0 Å². The second-order valence-electron chi connectivity index (χ2n) is 5.91. The first kappa shape index (κ1) is 17.1. The van der Waals surface area contributed by atoms with Gasteiger partial charge < -0.3 is 10.6 Å². The number of hydrogen-bond donors (Lipinski definition) is 2. The van der Waals surface area contributed by atoms with Crippen LogP contribution in [0.1, 0.15) is 46.5 Å². The Morgan fingerprint density at radius 1 is 1.42 bits per heavy atom. The molecule has 5 nitrogen and oxygen atoms in total. The van der Waals surface area contributed by atoms with Crippen molar-refractivity contribution in [2.24, 2.45) is 23.5 Å². The molecule has 1 fully saturated rings. The fraction of sp³-hybridized carbons (Fsp3) is 1.00. The smallest absolute Gasteiger partial charge is 0.330 e. The van der Waals surface area contributed by atoms with Crippen molar-refractivity contribution in [2.75, 3.05) is 13.2 Å². The highest BCUT2D eigenvalue weighted by atomic mass is 31.2. The molecular weight excluding hydrogens is 265 g/mol. The van der Waals surface area contributed by atoms with E-state index >= 15 is 0 Å². The normalized spacial score (nSPS) is 31.4. The highest BCUT2D eigenvalue weighted by Crippen LogP contribution is 2.49. The molecule has 4 atom stereocenters. The standard InChI is InChI=1S/C13H28NO4P/c1-10(2)12-6-5-11(3)9-13(12)18-19(15,16)17-8-4-7-14/h10-13H,4-9,14H2,1-3H3,(H,15,16)/t11-,12+,13-/m1/s1. The van der Waals surface area contributed by atoms with Crippen LogP contribution in [0.3, 0.4) is 0 Å². The maximum absolute atomic E-state index is 11.9. The Bertz CT molecular complexity index is 311. The molecule has 1 saturated carbocycles. The summed E-state index contributed by atoms with van der Waals surface area (Å²) in [7, 11) is -3.95. The molecule has 1 aliphatic rings. The van der Waals surface area contributed by atoms with E-state index in [1.807, 2.05) is 0 Å². The van der Waals surface area contributed by atoms with Gasteiger partial charge in [-0.2, -0.15) is 0 Å². The van der Waals surface area contributed by atoms with E-state index in [1.165, 1.54) is 0 Å². The summed E-state index contributed by atoms with van der Waals surface area (Å²) in [4.78, 5) is 9.75. The minimum absolute atomic E-state index is 0.166. The molecule has 3 N–H and O–H groups in total. The molecule has 0 saturated heterocycles. The lowest BCUT2D eigenvalue weighted by Gasteiger charge is -2.37. The van der Waals surface area contributed by atoms with Crippen LogP contribution in [0.5, 0.6) is 0 Å². The van der Waals surface area contributed by atoms with Gasteiger partial charge in [-0.25, -0.2) is 4.57 Å². The van der Waals surface area contributed by atoms with Gasteiger partial charge >= 0.3 is 7.82 Å². The van der Waals surface area contributed by atoms with Gasteiger partial charge in [0.25, 0.3) is 0 Å². The lowest BCUT2D eigenvalue weighted by atomic mass is 9.75. The van der Waals surface area contributed by atoms with Gasteiger partial charge in [-0.05, 0) is 43.6 Å². The maximum Gasteiger partial charge on any atom is 0.472 e. The average molecular weight is 293 g/mol. The third kappa shape index (κ3) is 5.92. The van der Waals surface area contributed by atoms with Gasteiger partial charge in [0.05, 0.1) is 12.7 Å². The predicted molar refractivity (Wildman–Crippen MR) is 75.7 cm³/mol. The van der Waals surface area contributed by atoms with Crippen LogP contribution in [-0.4, -0.2) is 24.1 Å². The zero-order valence-corrected chi connectivity index (χ0v) is 13.1. The van der Waals surface area contributed by atoms with E-state index in [1.54, 1.807) is 0 Å². The van der Waals surface area contributed by atoms with E-state index < -0.39 is 7.82 Å². The molecule has 0 amide bonds. The first-order chi connectivity index (χ1) is 8.85. The Morgan fingerprint density at radius 2 is 2.11 bits per heavy atom. The highest BCUT2D eigenvalue weighted by molar-refractivity contribution is 7.47. The summed E-state index contributed by atoms with van der Waals surface area (Å²) in [6.07, 6.45) is 3.41. The summed E-state index contributed by atoms with van der Waals surface area (Å²) in [5.74, 6) is 1.31. The van der Waals surface area contributed by atoms with E-state index in [2.05, 4.69) is 20.8 Å². The summed E-state index contributed by atoms with van der Waals surface area (Å²) in [5.41, 5.74) is 5.33. The third-order valence-corrected chi connectivity index (χ3v) is 4.88. The first-order valence-electron chi connectivity index (χ1n) is 7.21. The van der Waals surface area contributed by atoms with E-state index in [-0.39, 0.29) is 12.7 Å². The maximum atomic E-state index is 11.9. The molecule has 0 heterocycles. The molecule has 0 radical (unpaired) electrons. The van der Waals surface area contributed by atoms with E-state index in [4.69, 9.17) is 14.8 Å². The van der Waals surface area contributed by atoms with E-state index in [0.29, 0.717) is 30.7 Å². The summed E-state index contributed by atoms with van der Waals surface area (Å²) >= 11 is 0. The Labute approximate surface area is 116 Å². The molecule has 0 bridgehead atoms. The van der Waals surface area contributed by atoms with E-state index in [9.17, 15) is 9.46 Å². The van der Waals surface area contributed by atoms with Gasteiger partial charge in [0.15, 0.2) is 0 Å². The lowest BCUT2D eigenvalue weighted by Crippen LogP contribution is -2.33. The molecule has 1 unspecified atom stereocenters. The SMILES string of the molecule is CC(C)[C@@H]1CC[C@@H](C)C[C@H]1OP(=O)(O)OCCCN. The molecule has 0 aromatic heterocycles. The minimum atomic E-state index is -3.95. The van der Waals surface area contributed by atoms with Crippen LogP contribution >= 0.6 is 7.82 Å². The topological polar surface area (TPSA) is 81.8 Å². The second-order valence-corrected chi connectivity index (χ2v) is 7.32. The van der Waals surface area contributed by atoms with Crippen LogP contribution in [0, 0.1) is 17.8 Å². The third-order valence-electron chi connectivity index (χ3n) is 3.83. The van der Waals surface area contributed by atoms with Gasteiger partial charge in [-0.1, -0.05) is 27.2 Å². The van der Waals surface area contributed by atoms with Crippen LogP contribution in [0.15, 0.2) is 0 Å². The number of phosphoric ester groups is 1. The molecule has 1 aliphatic carbocycles. The number of nitrogens with two attached hydrogens (primary N) is 1. The Balaban J connectivity index is 2.57. The molecule has 0 aromatic rings. The molecule has 19 heavy (non-hydrogen) atoms. The molecule has 0 spiro atoms. The van der Waals surface area contributed by atoms with Crippen molar-refractivity contribution >= 4 is 7.82 Å². The first-order valence-corrected chi connectivity index (χ1v) is 8.71. The van der Waals surface area contributed by atoms with Crippen molar-refractivity contribution in [3.63, 3.8) is 0 Å². The molecule has 1 rings (SSSR count). The summed E-state index contributed by atoms with van der Waals surface area (Å²) < 4.78 is 22.3. The zero-order chi connectivity index (χ0) is 14.5.